The highest BCUT2D eigenvalue weighted by molar-refractivity contribution is 5.87. The molecule has 4 aliphatic rings. The number of fused-ring (bicyclic) bond motifs is 5. The Hall–Kier alpha value is -0.660. The molecule has 0 spiro atoms. The van der Waals surface area contributed by atoms with Crippen LogP contribution < -0.4 is 0 Å². The molecule has 21 heavy (non-hydrogen) atoms. The molecule has 3 fully saturated rings. The summed E-state index contributed by atoms with van der Waals surface area (Å²) in [5.41, 5.74) is 1.05. The van der Waals surface area contributed by atoms with Gasteiger partial charge in [-0.3, -0.25) is 4.79 Å². The second kappa shape index (κ2) is 4.67. The molecule has 0 amide bonds. The molecule has 6 atom stereocenters. The van der Waals surface area contributed by atoms with Crippen LogP contribution in [0.25, 0.3) is 0 Å². The van der Waals surface area contributed by atoms with E-state index in [4.69, 9.17) is 0 Å². The van der Waals surface area contributed by atoms with Gasteiger partial charge in [0, 0.05) is 18.3 Å². The van der Waals surface area contributed by atoms with Crippen molar-refractivity contribution < 1.29 is 9.18 Å². The van der Waals surface area contributed by atoms with E-state index < -0.39 is 0 Å². The van der Waals surface area contributed by atoms with Crippen molar-refractivity contribution in [2.24, 2.45) is 35.0 Å². The summed E-state index contributed by atoms with van der Waals surface area (Å²) in [4.78, 5) is 12.3. The lowest BCUT2D eigenvalue weighted by Gasteiger charge is -2.52. The summed E-state index contributed by atoms with van der Waals surface area (Å²) in [6.45, 7) is 4.43. The molecular weight excluding hydrogens is 263 g/mol. The van der Waals surface area contributed by atoms with Gasteiger partial charge in [-0.25, -0.2) is 4.39 Å². The van der Waals surface area contributed by atoms with Crippen molar-refractivity contribution in [3.05, 3.63) is 11.4 Å². The van der Waals surface area contributed by atoms with Gasteiger partial charge in [-0.15, -0.1) is 0 Å². The Morgan fingerprint density at radius 1 is 1.10 bits per heavy atom. The molecule has 0 N–H and O–H groups in total. The van der Waals surface area contributed by atoms with Crippen molar-refractivity contribution in [1.29, 1.82) is 0 Å². The Bertz CT molecular complexity index is 508. The normalized spacial score (nSPS) is 49.7. The number of Topliss-reactive ketones (excluding diaryl/α,β-unsaturated/α-hetero) is 1. The molecule has 0 heterocycles. The van der Waals surface area contributed by atoms with Gasteiger partial charge in [0.2, 0.25) is 0 Å². The number of hydrogen-bond acceptors (Lipinski definition) is 1. The van der Waals surface area contributed by atoms with Crippen LogP contribution >= 0.6 is 0 Å². The number of halogens is 1. The maximum Gasteiger partial charge on any atom is 0.139 e. The molecule has 0 aromatic rings. The van der Waals surface area contributed by atoms with Gasteiger partial charge in [0.1, 0.15) is 5.78 Å². The van der Waals surface area contributed by atoms with Crippen LogP contribution in [0.4, 0.5) is 4.39 Å². The lowest BCUT2D eigenvalue weighted by molar-refractivity contribution is -0.130. The van der Waals surface area contributed by atoms with Crippen molar-refractivity contribution in [3.8, 4) is 0 Å². The third kappa shape index (κ3) is 1.90. The van der Waals surface area contributed by atoms with E-state index in [1.165, 1.54) is 18.4 Å². The van der Waals surface area contributed by atoms with Crippen LogP contribution in [0.2, 0.25) is 0 Å². The summed E-state index contributed by atoms with van der Waals surface area (Å²) in [6.07, 6.45) is 8.02. The number of rotatable bonds is 0. The minimum absolute atomic E-state index is 0.124. The lowest BCUT2D eigenvalue weighted by Crippen LogP contribution is -2.46. The van der Waals surface area contributed by atoms with Crippen LogP contribution in [-0.4, -0.2) is 5.78 Å². The number of carbonyl (C=O) groups is 1. The van der Waals surface area contributed by atoms with Crippen molar-refractivity contribution >= 4 is 5.78 Å². The van der Waals surface area contributed by atoms with E-state index in [0.717, 1.165) is 32.1 Å². The average Bonchev–Trinajstić information content (AvgIpc) is 2.76. The molecule has 0 radical (unpaired) electrons. The van der Waals surface area contributed by atoms with Gasteiger partial charge in [-0.05, 0) is 73.7 Å². The van der Waals surface area contributed by atoms with E-state index in [1.807, 2.05) is 0 Å². The van der Waals surface area contributed by atoms with Crippen LogP contribution in [0.15, 0.2) is 11.4 Å². The third-order valence-corrected chi connectivity index (χ3v) is 7.47. The number of ketones is 1. The van der Waals surface area contributed by atoms with Crippen molar-refractivity contribution in [3.63, 3.8) is 0 Å². The standard InChI is InChI=1S/C19H27FO/c1-11-3-4-12-13-7-8-19(2)16(5-6-18(19)21)14(13)10-17(20)15(12)9-11/h11-14,16H,3-10H2,1-2H3. The first-order chi connectivity index (χ1) is 10.0. The monoisotopic (exact) mass is 290 g/mol. The first kappa shape index (κ1) is 14.0. The van der Waals surface area contributed by atoms with Gasteiger partial charge in [0.05, 0.1) is 5.83 Å². The van der Waals surface area contributed by atoms with Gasteiger partial charge < -0.3 is 0 Å². The van der Waals surface area contributed by atoms with Crippen LogP contribution in [0.5, 0.6) is 0 Å². The quantitative estimate of drug-likeness (QED) is 0.609. The highest BCUT2D eigenvalue weighted by Crippen LogP contribution is 2.61. The van der Waals surface area contributed by atoms with Gasteiger partial charge >= 0.3 is 0 Å². The summed E-state index contributed by atoms with van der Waals surface area (Å²) < 4.78 is 14.7. The SMILES string of the molecule is CC1CCC2C(=C(F)CC3C2CCC2(C)C(=O)CCC32)C1. The Morgan fingerprint density at radius 2 is 1.90 bits per heavy atom. The Kier molecular flexibility index (Phi) is 3.10. The third-order valence-electron chi connectivity index (χ3n) is 7.47. The minimum Gasteiger partial charge on any atom is -0.299 e. The molecule has 2 heteroatoms. The van der Waals surface area contributed by atoms with E-state index in [-0.39, 0.29) is 11.2 Å². The highest BCUT2D eigenvalue weighted by atomic mass is 19.1. The van der Waals surface area contributed by atoms with Crippen molar-refractivity contribution in [1.82, 2.24) is 0 Å². The summed E-state index contributed by atoms with van der Waals surface area (Å²) in [5.74, 6) is 3.37. The predicted octanol–water partition coefficient (Wildman–Crippen LogP) is 5.06. The molecule has 4 rings (SSSR count). The zero-order valence-electron chi connectivity index (χ0n) is 13.3. The highest BCUT2D eigenvalue weighted by Gasteiger charge is 2.56. The molecule has 1 nitrogen and oxygen atoms in total. The zero-order valence-corrected chi connectivity index (χ0v) is 13.3. The van der Waals surface area contributed by atoms with Crippen molar-refractivity contribution in [2.45, 2.75) is 65.2 Å². The van der Waals surface area contributed by atoms with E-state index in [0.29, 0.717) is 41.8 Å². The number of allylic oxidation sites excluding steroid dienone is 2. The first-order valence-corrected chi connectivity index (χ1v) is 8.91. The molecule has 0 aromatic carbocycles. The summed E-state index contributed by atoms with van der Waals surface area (Å²) in [7, 11) is 0. The molecule has 0 aliphatic heterocycles. The molecule has 0 bridgehead atoms. The minimum atomic E-state index is -0.124. The van der Waals surface area contributed by atoms with Crippen LogP contribution in [0.1, 0.15) is 65.2 Å². The fourth-order valence-corrected chi connectivity index (χ4v) is 6.27. The van der Waals surface area contributed by atoms with Crippen molar-refractivity contribution in [2.75, 3.05) is 0 Å². The predicted molar refractivity (Wildman–Crippen MR) is 81.3 cm³/mol. The van der Waals surface area contributed by atoms with Gasteiger partial charge in [0.15, 0.2) is 0 Å². The molecular formula is C19H27FO. The molecule has 0 aromatic heterocycles. The topological polar surface area (TPSA) is 17.1 Å². The fourth-order valence-electron chi connectivity index (χ4n) is 6.27. The Morgan fingerprint density at radius 3 is 2.71 bits per heavy atom. The summed E-state index contributed by atoms with van der Waals surface area (Å²) in [5, 5.41) is 0. The number of carbonyl (C=O) groups excluding carboxylic acids is 1. The van der Waals surface area contributed by atoms with Gasteiger partial charge in [-0.1, -0.05) is 13.8 Å². The van der Waals surface area contributed by atoms with E-state index >= 15 is 0 Å². The van der Waals surface area contributed by atoms with Crippen LogP contribution in [0.3, 0.4) is 0 Å². The first-order valence-electron chi connectivity index (χ1n) is 8.91. The molecule has 4 aliphatic carbocycles. The van der Waals surface area contributed by atoms with E-state index in [2.05, 4.69) is 13.8 Å². The molecule has 116 valence electrons. The van der Waals surface area contributed by atoms with Crippen LogP contribution in [0, 0.1) is 35.0 Å². The molecule has 6 unspecified atom stereocenters. The smallest absolute Gasteiger partial charge is 0.139 e. The second-order valence-corrected chi connectivity index (χ2v) is 8.48. The summed E-state index contributed by atoms with van der Waals surface area (Å²) >= 11 is 0. The second-order valence-electron chi connectivity index (χ2n) is 8.48. The zero-order chi connectivity index (χ0) is 14.8. The maximum atomic E-state index is 14.7. The Balaban J connectivity index is 1.68. The largest absolute Gasteiger partial charge is 0.299 e. The number of hydrogen-bond donors (Lipinski definition) is 0. The van der Waals surface area contributed by atoms with Gasteiger partial charge in [-0.2, -0.15) is 0 Å². The lowest BCUT2D eigenvalue weighted by atomic mass is 9.52. The Labute approximate surface area is 127 Å². The van der Waals surface area contributed by atoms with E-state index in [9.17, 15) is 9.18 Å². The molecule has 3 saturated carbocycles. The van der Waals surface area contributed by atoms with E-state index in [1.54, 1.807) is 0 Å². The average molecular weight is 290 g/mol. The van der Waals surface area contributed by atoms with Gasteiger partial charge in [0.25, 0.3) is 0 Å². The summed E-state index contributed by atoms with van der Waals surface area (Å²) in [6, 6.07) is 0. The van der Waals surface area contributed by atoms with Crippen LogP contribution in [-0.2, 0) is 4.79 Å². The molecule has 0 saturated heterocycles. The maximum absolute atomic E-state index is 14.7. The fraction of sp³-hybridized carbons (Fsp3) is 0.842.